The second-order valence-electron chi connectivity index (χ2n) is 2.11. The first-order valence-corrected chi connectivity index (χ1v) is 4.65. The number of thioether (sulfide) groups is 1. The molecule has 2 unspecified atom stereocenters. The fourth-order valence-electron chi connectivity index (χ4n) is 0.815. The zero-order valence-corrected chi connectivity index (χ0v) is 6.70. The molecule has 0 aromatic carbocycles. The molecule has 1 fully saturated rings. The predicted octanol–water partition coefficient (Wildman–Crippen LogP) is 0.684. The van der Waals surface area contributed by atoms with Crippen molar-refractivity contribution < 1.29 is 4.74 Å². The van der Waals surface area contributed by atoms with Gasteiger partial charge in [-0.05, 0) is 12.8 Å². The van der Waals surface area contributed by atoms with E-state index in [0.29, 0.717) is 12.3 Å². The number of ether oxygens (including phenoxy) is 1. The maximum Gasteiger partial charge on any atom is 0.136 e. The Morgan fingerprint density at radius 2 is 2.44 bits per heavy atom. The molecule has 2 nitrogen and oxygen atoms in total. The summed E-state index contributed by atoms with van der Waals surface area (Å²) in [6, 6.07) is 0. The third-order valence-electron chi connectivity index (χ3n) is 1.32. The minimum absolute atomic E-state index is 0.363. The van der Waals surface area contributed by atoms with Gasteiger partial charge in [0.15, 0.2) is 0 Å². The van der Waals surface area contributed by atoms with Gasteiger partial charge in [0.05, 0.1) is 0 Å². The highest BCUT2D eigenvalue weighted by Crippen LogP contribution is 2.21. The topological polar surface area (TPSA) is 24.6 Å². The van der Waals surface area contributed by atoms with Gasteiger partial charge in [-0.15, -0.1) is 0 Å². The van der Waals surface area contributed by atoms with E-state index in [1.165, 1.54) is 0 Å². The average Bonchev–Trinajstić information content (AvgIpc) is 2.50. The smallest absolute Gasteiger partial charge is 0.136 e. The molecule has 54 valence electrons. The quantitative estimate of drug-likeness (QED) is 0.592. The van der Waals surface area contributed by atoms with Crippen LogP contribution in [0.1, 0.15) is 6.92 Å². The zero-order valence-electron chi connectivity index (χ0n) is 5.89. The standard InChI is InChI=1S/C6H13NOS/c1-3-7-6-5(8-6)4-9-2/h5-7H,3-4H2,1-2H3. The van der Waals surface area contributed by atoms with E-state index < -0.39 is 0 Å². The Hall–Kier alpha value is 0.270. The molecule has 2 atom stereocenters. The van der Waals surface area contributed by atoms with Crippen LogP contribution in [0.15, 0.2) is 0 Å². The first-order chi connectivity index (χ1) is 4.38. The summed E-state index contributed by atoms with van der Waals surface area (Å²) in [5.74, 6) is 1.12. The van der Waals surface area contributed by atoms with Gasteiger partial charge in [-0.25, -0.2) is 0 Å². The van der Waals surface area contributed by atoms with Crippen LogP contribution >= 0.6 is 11.8 Å². The second kappa shape index (κ2) is 3.44. The molecule has 0 bridgehead atoms. The van der Waals surface area contributed by atoms with E-state index >= 15 is 0 Å². The molecule has 0 saturated carbocycles. The van der Waals surface area contributed by atoms with Gasteiger partial charge in [0.25, 0.3) is 0 Å². The first-order valence-electron chi connectivity index (χ1n) is 3.26. The lowest BCUT2D eigenvalue weighted by atomic mass is 10.5. The SMILES string of the molecule is CCNC1OC1CSC. The van der Waals surface area contributed by atoms with E-state index in [1.807, 2.05) is 11.8 Å². The number of nitrogens with one attached hydrogen (secondary N) is 1. The van der Waals surface area contributed by atoms with Crippen molar-refractivity contribution in [2.75, 3.05) is 18.6 Å². The van der Waals surface area contributed by atoms with Crippen molar-refractivity contribution in [1.82, 2.24) is 5.32 Å². The summed E-state index contributed by atoms with van der Waals surface area (Å²) < 4.78 is 5.27. The fourth-order valence-corrected chi connectivity index (χ4v) is 1.40. The summed E-state index contributed by atoms with van der Waals surface area (Å²) in [7, 11) is 0. The Bertz CT molecular complexity index is 79.1. The van der Waals surface area contributed by atoms with Gasteiger partial charge in [0, 0.05) is 5.75 Å². The van der Waals surface area contributed by atoms with Crippen LogP contribution in [0.25, 0.3) is 0 Å². The largest absolute Gasteiger partial charge is 0.352 e. The Morgan fingerprint density at radius 3 is 3.00 bits per heavy atom. The number of hydrogen-bond donors (Lipinski definition) is 1. The van der Waals surface area contributed by atoms with Gasteiger partial charge in [-0.1, -0.05) is 6.92 Å². The summed E-state index contributed by atoms with van der Waals surface area (Å²) in [4.78, 5) is 0. The third kappa shape index (κ3) is 2.16. The highest BCUT2D eigenvalue weighted by atomic mass is 32.2. The highest BCUT2D eigenvalue weighted by Gasteiger charge is 2.36. The Labute approximate surface area is 60.3 Å². The molecule has 0 amide bonds. The number of hydrogen-bond acceptors (Lipinski definition) is 3. The molecule has 0 radical (unpaired) electrons. The monoisotopic (exact) mass is 147 g/mol. The molecule has 1 saturated heterocycles. The molecule has 1 heterocycles. The van der Waals surface area contributed by atoms with Crippen molar-refractivity contribution in [2.45, 2.75) is 19.3 Å². The van der Waals surface area contributed by atoms with Crippen molar-refractivity contribution in [2.24, 2.45) is 0 Å². The maximum absolute atomic E-state index is 5.27. The summed E-state index contributed by atoms with van der Waals surface area (Å²) >= 11 is 1.84. The lowest BCUT2D eigenvalue weighted by molar-refractivity contribution is 0.355. The van der Waals surface area contributed by atoms with Gasteiger partial charge < -0.3 is 4.74 Å². The predicted molar refractivity (Wildman–Crippen MR) is 40.7 cm³/mol. The normalized spacial score (nSPS) is 32.7. The van der Waals surface area contributed by atoms with E-state index in [2.05, 4.69) is 18.5 Å². The van der Waals surface area contributed by atoms with E-state index in [0.717, 1.165) is 12.3 Å². The van der Waals surface area contributed by atoms with Crippen molar-refractivity contribution in [3.8, 4) is 0 Å². The number of likely N-dealkylation sites (N-methyl/N-ethyl adjacent to an activating group) is 1. The maximum atomic E-state index is 5.27. The molecule has 9 heavy (non-hydrogen) atoms. The van der Waals surface area contributed by atoms with Crippen molar-refractivity contribution in [3.05, 3.63) is 0 Å². The van der Waals surface area contributed by atoms with Gasteiger partial charge in [-0.2, -0.15) is 11.8 Å². The fraction of sp³-hybridized carbons (Fsp3) is 1.00. The van der Waals surface area contributed by atoms with E-state index in [4.69, 9.17) is 4.74 Å². The Kier molecular flexibility index (Phi) is 2.82. The lowest BCUT2D eigenvalue weighted by Crippen LogP contribution is -2.19. The minimum atomic E-state index is 0.363. The van der Waals surface area contributed by atoms with Crippen LogP contribution in [0, 0.1) is 0 Å². The van der Waals surface area contributed by atoms with Gasteiger partial charge in [0.1, 0.15) is 12.3 Å². The summed E-state index contributed by atoms with van der Waals surface area (Å²) in [5.41, 5.74) is 0. The minimum Gasteiger partial charge on any atom is -0.352 e. The van der Waals surface area contributed by atoms with Crippen molar-refractivity contribution in [3.63, 3.8) is 0 Å². The molecule has 1 aliphatic rings. The summed E-state index contributed by atoms with van der Waals surface area (Å²) in [6.07, 6.45) is 2.95. The van der Waals surface area contributed by atoms with Crippen LogP contribution < -0.4 is 5.32 Å². The molecule has 3 heteroatoms. The average molecular weight is 147 g/mol. The van der Waals surface area contributed by atoms with Crippen LogP contribution in [-0.2, 0) is 4.74 Å². The Balaban J connectivity index is 1.96. The van der Waals surface area contributed by atoms with Gasteiger partial charge >= 0.3 is 0 Å². The Morgan fingerprint density at radius 1 is 1.67 bits per heavy atom. The third-order valence-corrected chi connectivity index (χ3v) is 1.98. The van der Waals surface area contributed by atoms with Crippen molar-refractivity contribution in [1.29, 1.82) is 0 Å². The molecule has 1 aliphatic heterocycles. The second-order valence-corrected chi connectivity index (χ2v) is 3.02. The molecule has 1 rings (SSSR count). The highest BCUT2D eigenvalue weighted by molar-refractivity contribution is 7.98. The van der Waals surface area contributed by atoms with E-state index in [-0.39, 0.29) is 0 Å². The molecule has 0 aromatic heterocycles. The van der Waals surface area contributed by atoms with E-state index in [9.17, 15) is 0 Å². The molecule has 1 N–H and O–H groups in total. The van der Waals surface area contributed by atoms with Gasteiger partial charge in [0.2, 0.25) is 0 Å². The molecule has 0 aliphatic carbocycles. The van der Waals surface area contributed by atoms with Crippen molar-refractivity contribution >= 4 is 11.8 Å². The zero-order chi connectivity index (χ0) is 6.69. The number of rotatable bonds is 4. The lowest BCUT2D eigenvalue weighted by Gasteiger charge is -1.91. The summed E-state index contributed by atoms with van der Waals surface area (Å²) in [6.45, 7) is 3.10. The van der Waals surface area contributed by atoms with Gasteiger partial charge in [-0.3, -0.25) is 5.32 Å². The molecule has 0 spiro atoms. The van der Waals surface area contributed by atoms with Crippen LogP contribution in [0.3, 0.4) is 0 Å². The van der Waals surface area contributed by atoms with E-state index in [1.54, 1.807) is 0 Å². The van der Waals surface area contributed by atoms with Crippen LogP contribution in [0.4, 0.5) is 0 Å². The van der Waals surface area contributed by atoms with Crippen LogP contribution in [0.2, 0.25) is 0 Å². The molecular weight excluding hydrogens is 134 g/mol. The van der Waals surface area contributed by atoms with Crippen LogP contribution in [-0.4, -0.2) is 30.9 Å². The first kappa shape index (κ1) is 7.38. The molecule has 0 aromatic rings. The molecular formula is C6H13NOS. The van der Waals surface area contributed by atoms with Crippen LogP contribution in [0.5, 0.6) is 0 Å². The number of epoxide rings is 1. The summed E-state index contributed by atoms with van der Waals surface area (Å²) in [5, 5.41) is 3.22.